The number of nitrogens with zero attached hydrogens (tertiary/aromatic N) is 1. The van der Waals surface area contributed by atoms with E-state index in [9.17, 15) is 12.8 Å². The summed E-state index contributed by atoms with van der Waals surface area (Å²) in [5, 5.41) is 4.18. The van der Waals surface area contributed by atoms with Crippen LogP contribution in [-0.2, 0) is 10.0 Å². The van der Waals surface area contributed by atoms with Crippen molar-refractivity contribution in [2.24, 2.45) is 5.10 Å². The molecular formula is C22H28ClFN2O3S. The monoisotopic (exact) mass is 454 g/mol. The van der Waals surface area contributed by atoms with E-state index in [0.29, 0.717) is 22.9 Å². The molecule has 0 aliphatic carbocycles. The van der Waals surface area contributed by atoms with Crippen LogP contribution in [0.25, 0.3) is 0 Å². The van der Waals surface area contributed by atoms with Crippen molar-refractivity contribution in [3.8, 4) is 5.75 Å². The second kappa shape index (κ2) is 12.5. The molecule has 2 aromatic carbocycles. The van der Waals surface area contributed by atoms with Crippen molar-refractivity contribution in [3.05, 3.63) is 58.9 Å². The van der Waals surface area contributed by atoms with Crippen LogP contribution in [0.15, 0.2) is 52.5 Å². The molecule has 0 aliphatic rings. The largest absolute Gasteiger partial charge is 0.492 e. The van der Waals surface area contributed by atoms with Gasteiger partial charge in [0.05, 0.1) is 22.7 Å². The highest BCUT2D eigenvalue weighted by molar-refractivity contribution is 7.89. The highest BCUT2D eigenvalue weighted by atomic mass is 35.5. The molecule has 0 radical (unpaired) electrons. The molecular weight excluding hydrogens is 427 g/mol. The summed E-state index contributed by atoms with van der Waals surface area (Å²) in [7, 11) is -3.86. The van der Waals surface area contributed by atoms with E-state index in [4.69, 9.17) is 16.3 Å². The Kier molecular flexibility index (Phi) is 10.1. The second-order valence-corrected chi connectivity index (χ2v) is 9.03. The summed E-state index contributed by atoms with van der Waals surface area (Å²) >= 11 is 6.25. The van der Waals surface area contributed by atoms with Gasteiger partial charge >= 0.3 is 0 Å². The molecule has 0 amide bonds. The summed E-state index contributed by atoms with van der Waals surface area (Å²) in [6.45, 7) is 2.82. The van der Waals surface area contributed by atoms with E-state index < -0.39 is 15.8 Å². The normalized spacial score (nSPS) is 11.7. The molecule has 8 heteroatoms. The number of nitrogens with one attached hydrogen (secondary N) is 1. The van der Waals surface area contributed by atoms with Gasteiger partial charge in [0, 0.05) is 0 Å². The third-order valence-corrected chi connectivity index (χ3v) is 6.01. The molecule has 0 fully saturated rings. The number of hydrazone groups is 1. The van der Waals surface area contributed by atoms with Crippen LogP contribution in [0.4, 0.5) is 4.39 Å². The molecule has 2 rings (SSSR count). The Balaban J connectivity index is 1.79. The van der Waals surface area contributed by atoms with E-state index >= 15 is 0 Å². The van der Waals surface area contributed by atoms with Crippen LogP contribution in [0, 0.1) is 5.82 Å². The Hall–Kier alpha value is -2.12. The fourth-order valence-corrected chi connectivity index (χ4v) is 3.83. The number of ether oxygens (including phenoxy) is 1. The summed E-state index contributed by atoms with van der Waals surface area (Å²) in [6, 6.07) is 9.60. The van der Waals surface area contributed by atoms with Crippen LogP contribution < -0.4 is 9.57 Å². The van der Waals surface area contributed by atoms with Gasteiger partial charge < -0.3 is 4.74 Å². The third-order valence-electron chi connectivity index (χ3n) is 4.47. The minimum atomic E-state index is -3.86. The molecule has 0 aromatic heterocycles. The maximum absolute atomic E-state index is 12.9. The standard InChI is InChI=1S/C22H28ClFN2O3S/c1-2-3-4-5-6-7-8-15-29-22-14-9-18(16-21(22)23)17-25-26-30(27,28)20-12-10-19(24)11-13-20/h9-14,16-17,26H,2-8,15H2,1H3/b25-17+. The Morgan fingerprint density at radius 2 is 1.70 bits per heavy atom. The molecule has 0 aliphatic heterocycles. The zero-order valence-corrected chi connectivity index (χ0v) is 18.7. The second-order valence-electron chi connectivity index (χ2n) is 6.97. The molecule has 1 N–H and O–H groups in total. The average Bonchev–Trinajstić information content (AvgIpc) is 2.71. The van der Waals surface area contributed by atoms with Crippen molar-refractivity contribution in [1.29, 1.82) is 0 Å². The van der Waals surface area contributed by atoms with Gasteiger partial charge in [0.1, 0.15) is 11.6 Å². The van der Waals surface area contributed by atoms with Crippen molar-refractivity contribution < 1.29 is 17.5 Å². The van der Waals surface area contributed by atoms with Crippen LogP contribution in [0.1, 0.15) is 57.4 Å². The number of sulfonamides is 1. The van der Waals surface area contributed by atoms with Gasteiger partial charge in [0.25, 0.3) is 10.0 Å². The maximum Gasteiger partial charge on any atom is 0.276 e. The third kappa shape index (κ3) is 8.32. The molecule has 0 bridgehead atoms. The minimum Gasteiger partial charge on any atom is -0.492 e. The fraction of sp³-hybridized carbons (Fsp3) is 0.409. The predicted molar refractivity (Wildman–Crippen MR) is 119 cm³/mol. The predicted octanol–water partition coefficient (Wildman–Crippen LogP) is 5.92. The Bertz CT molecular complexity index is 918. The van der Waals surface area contributed by atoms with Gasteiger partial charge in [-0.3, -0.25) is 0 Å². The smallest absolute Gasteiger partial charge is 0.276 e. The van der Waals surface area contributed by atoms with E-state index in [1.165, 1.54) is 50.5 Å². The molecule has 2 aromatic rings. The lowest BCUT2D eigenvalue weighted by molar-refractivity contribution is 0.304. The van der Waals surface area contributed by atoms with Crippen LogP contribution in [-0.4, -0.2) is 21.2 Å². The fourth-order valence-electron chi connectivity index (χ4n) is 2.79. The van der Waals surface area contributed by atoms with Crippen LogP contribution >= 0.6 is 11.6 Å². The Labute approximate surface area is 183 Å². The highest BCUT2D eigenvalue weighted by Crippen LogP contribution is 2.25. The minimum absolute atomic E-state index is 0.0757. The number of halogens is 2. The molecule has 0 spiro atoms. The van der Waals surface area contributed by atoms with E-state index in [1.54, 1.807) is 18.2 Å². The van der Waals surface area contributed by atoms with Gasteiger partial charge in [0.15, 0.2) is 0 Å². The zero-order chi connectivity index (χ0) is 21.8. The molecule has 5 nitrogen and oxygen atoms in total. The average molecular weight is 455 g/mol. The zero-order valence-electron chi connectivity index (χ0n) is 17.1. The van der Waals surface area contributed by atoms with Gasteiger partial charge in [-0.25, -0.2) is 9.22 Å². The lowest BCUT2D eigenvalue weighted by Gasteiger charge is -2.08. The number of unbranched alkanes of at least 4 members (excludes halogenated alkanes) is 6. The first kappa shape index (κ1) is 24.2. The van der Waals surface area contributed by atoms with Crippen molar-refractivity contribution in [2.75, 3.05) is 6.61 Å². The van der Waals surface area contributed by atoms with Crippen molar-refractivity contribution >= 4 is 27.8 Å². The molecule has 30 heavy (non-hydrogen) atoms. The first-order valence-corrected chi connectivity index (χ1v) is 12.0. The summed E-state index contributed by atoms with van der Waals surface area (Å²) in [6.07, 6.45) is 9.81. The number of hydrogen-bond acceptors (Lipinski definition) is 4. The van der Waals surface area contributed by atoms with Gasteiger partial charge in [-0.2, -0.15) is 13.5 Å². The molecule has 0 saturated carbocycles. The first-order chi connectivity index (χ1) is 14.4. The molecule has 0 atom stereocenters. The van der Waals surface area contributed by atoms with Crippen molar-refractivity contribution in [1.82, 2.24) is 4.83 Å². The van der Waals surface area contributed by atoms with Crippen LogP contribution in [0.2, 0.25) is 5.02 Å². The van der Waals surface area contributed by atoms with E-state index in [1.807, 2.05) is 0 Å². The quantitative estimate of drug-likeness (QED) is 0.232. The summed E-state index contributed by atoms with van der Waals surface area (Å²) in [5.41, 5.74) is 0.616. The summed E-state index contributed by atoms with van der Waals surface area (Å²) in [4.78, 5) is 2.01. The molecule has 0 heterocycles. The van der Waals surface area contributed by atoms with Gasteiger partial charge in [-0.05, 0) is 54.4 Å². The van der Waals surface area contributed by atoms with Gasteiger partial charge in [-0.15, -0.1) is 0 Å². The van der Waals surface area contributed by atoms with E-state index in [0.717, 1.165) is 25.0 Å². The number of hydrogen-bond donors (Lipinski definition) is 1. The van der Waals surface area contributed by atoms with Crippen LogP contribution in [0.5, 0.6) is 5.75 Å². The molecule has 0 saturated heterocycles. The summed E-state index contributed by atoms with van der Waals surface area (Å²) in [5.74, 6) is 0.0769. The van der Waals surface area contributed by atoms with Crippen molar-refractivity contribution in [2.45, 2.75) is 56.8 Å². The first-order valence-electron chi connectivity index (χ1n) is 10.1. The van der Waals surface area contributed by atoms with Crippen LogP contribution in [0.3, 0.4) is 0 Å². The summed E-state index contributed by atoms with van der Waals surface area (Å²) < 4.78 is 42.9. The molecule has 0 unspecified atom stereocenters. The lowest BCUT2D eigenvalue weighted by Crippen LogP contribution is -2.18. The number of benzene rings is 2. The Morgan fingerprint density at radius 3 is 2.37 bits per heavy atom. The van der Waals surface area contributed by atoms with Gasteiger partial charge in [-0.1, -0.05) is 57.0 Å². The number of rotatable bonds is 13. The topological polar surface area (TPSA) is 67.8 Å². The maximum atomic E-state index is 12.9. The van der Waals surface area contributed by atoms with E-state index in [2.05, 4.69) is 16.9 Å². The highest BCUT2D eigenvalue weighted by Gasteiger charge is 2.12. The van der Waals surface area contributed by atoms with E-state index in [-0.39, 0.29) is 4.90 Å². The van der Waals surface area contributed by atoms with Gasteiger partial charge in [0.2, 0.25) is 0 Å². The van der Waals surface area contributed by atoms with Crippen molar-refractivity contribution in [3.63, 3.8) is 0 Å². The SMILES string of the molecule is CCCCCCCCCOc1ccc(/C=N/NS(=O)(=O)c2ccc(F)cc2)cc1Cl. The lowest BCUT2D eigenvalue weighted by atomic mass is 10.1. The molecule has 164 valence electrons. The Morgan fingerprint density at radius 1 is 1.03 bits per heavy atom.